The van der Waals surface area contributed by atoms with Crippen LogP contribution in [0.25, 0.3) is 0 Å². The number of carbonyl (C=O) groups is 2. The molecule has 0 aliphatic carbocycles. The Morgan fingerprint density at radius 1 is 1.12 bits per heavy atom. The summed E-state index contributed by atoms with van der Waals surface area (Å²) < 4.78 is 0. The molecule has 4 N–H and O–H groups in total. The fourth-order valence-electron chi connectivity index (χ4n) is 0.898. The number of rotatable bonds is 4. The molecular weight excluding hydrogens is 206 g/mol. The predicted molar refractivity (Wildman–Crippen MR) is 63.7 cm³/mol. The quantitative estimate of drug-likeness (QED) is 0.634. The lowest BCUT2D eigenvalue weighted by molar-refractivity contribution is -0.131. The second kappa shape index (κ2) is 5.30. The zero-order valence-corrected chi connectivity index (χ0v) is 10.8. The lowest BCUT2D eigenvalue weighted by atomic mass is 9.96. The SMILES string of the molecule is CC(C)(CN)NC(=O)CNC(=O)C(C)(C)C. The van der Waals surface area contributed by atoms with Gasteiger partial charge in [0.2, 0.25) is 11.8 Å². The van der Waals surface area contributed by atoms with Crippen LogP contribution >= 0.6 is 0 Å². The van der Waals surface area contributed by atoms with Gasteiger partial charge in [0.1, 0.15) is 0 Å². The second-order valence-electron chi connectivity index (χ2n) is 5.57. The van der Waals surface area contributed by atoms with Crippen molar-refractivity contribution in [1.29, 1.82) is 0 Å². The van der Waals surface area contributed by atoms with E-state index in [-0.39, 0.29) is 18.4 Å². The van der Waals surface area contributed by atoms with Crippen LogP contribution in [0.4, 0.5) is 0 Å². The van der Waals surface area contributed by atoms with Crippen LogP contribution in [-0.4, -0.2) is 30.4 Å². The van der Waals surface area contributed by atoms with Gasteiger partial charge in [0.05, 0.1) is 6.54 Å². The van der Waals surface area contributed by atoms with Crippen molar-refractivity contribution in [2.24, 2.45) is 11.1 Å². The Morgan fingerprint density at radius 3 is 2.00 bits per heavy atom. The maximum atomic E-state index is 11.5. The molecular formula is C11H23N3O2. The predicted octanol–water partition coefficient (Wildman–Crippen LogP) is 0.00220. The largest absolute Gasteiger partial charge is 0.348 e. The highest BCUT2D eigenvalue weighted by Crippen LogP contribution is 2.11. The van der Waals surface area contributed by atoms with Gasteiger partial charge in [-0.05, 0) is 13.8 Å². The summed E-state index contributed by atoms with van der Waals surface area (Å²) in [6.45, 7) is 9.39. The van der Waals surface area contributed by atoms with Crippen LogP contribution in [0.2, 0.25) is 0 Å². The van der Waals surface area contributed by atoms with Gasteiger partial charge in [0, 0.05) is 17.5 Å². The lowest BCUT2D eigenvalue weighted by Gasteiger charge is -2.25. The minimum Gasteiger partial charge on any atom is -0.348 e. The number of hydrogen-bond donors (Lipinski definition) is 3. The molecule has 0 spiro atoms. The summed E-state index contributed by atoms with van der Waals surface area (Å²) in [5, 5.41) is 5.31. The average molecular weight is 229 g/mol. The van der Waals surface area contributed by atoms with Gasteiger partial charge in [-0.25, -0.2) is 0 Å². The molecule has 0 aromatic heterocycles. The zero-order valence-electron chi connectivity index (χ0n) is 10.8. The van der Waals surface area contributed by atoms with E-state index in [1.54, 1.807) is 20.8 Å². The van der Waals surface area contributed by atoms with Crippen molar-refractivity contribution in [2.45, 2.75) is 40.2 Å². The maximum absolute atomic E-state index is 11.5. The molecule has 0 unspecified atom stereocenters. The highest BCUT2D eigenvalue weighted by molar-refractivity contribution is 5.87. The van der Waals surface area contributed by atoms with E-state index in [1.807, 2.05) is 13.8 Å². The summed E-state index contributed by atoms with van der Waals surface area (Å²) in [4.78, 5) is 23.0. The van der Waals surface area contributed by atoms with Gasteiger partial charge in [-0.1, -0.05) is 20.8 Å². The van der Waals surface area contributed by atoms with Crippen LogP contribution in [-0.2, 0) is 9.59 Å². The third-order valence-corrected chi connectivity index (χ3v) is 2.08. The summed E-state index contributed by atoms with van der Waals surface area (Å²) >= 11 is 0. The third-order valence-electron chi connectivity index (χ3n) is 2.08. The fraction of sp³-hybridized carbons (Fsp3) is 0.818. The topological polar surface area (TPSA) is 84.2 Å². The molecule has 0 heterocycles. The smallest absolute Gasteiger partial charge is 0.239 e. The van der Waals surface area contributed by atoms with Crippen molar-refractivity contribution in [1.82, 2.24) is 10.6 Å². The molecule has 0 aliphatic heterocycles. The summed E-state index contributed by atoms with van der Waals surface area (Å²) in [6.07, 6.45) is 0. The number of hydrogen-bond acceptors (Lipinski definition) is 3. The van der Waals surface area contributed by atoms with Gasteiger partial charge in [-0.2, -0.15) is 0 Å². The Morgan fingerprint density at radius 2 is 1.62 bits per heavy atom. The van der Waals surface area contributed by atoms with E-state index in [0.717, 1.165) is 0 Å². The van der Waals surface area contributed by atoms with Crippen molar-refractivity contribution in [3.63, 3.8) is 0 Å². The molecule has 0 saturated heterocycles. The van der Waals surface area contributed by atoms with E-state index in [4.69, 9.17) is 5.73 Å². The highest BCUT2D eigenvalue weighted by atomic mass is 16.2. The molecule has 5 nitrogen and oxygen atoms in total. The Balaban J connectivity index is 4.06. The van der Waals surface area contributed by atoms with Crippen molar-refractivity contribution in [3.05, 3.63) is 0 Å². The Bertz CT molecular complexity index is 267. The lowest BCUT2D eigenvalue weighted by Crippen LogP contribution is -2.52. The van der Waals surface area contributed by atoms with Crippen LogP contribution in [0.3, 0.4) is 0 Å². The molecule has 0 saturated carbocycles. The monoisotopic (exact) mass is 229 g/mol. The molecule has 0 aromatic carbocycles. The fourth-order valence-corrected chi connectivity index (χ4v) is 0.898. The minimum absolute atomic E-state index is 0.0144. The Kier molecular flexibility index (Phi) is 4.93. The Labute approximate surface area is 97.2 Å². The summed E-state index contributed by atoms with van der Waals surface area (Å²) in [7, 11) is 0. The molecule has 0 fully saturated rings. The summed E-state index contributed by atoms with van der Waals surface area (Å²) in [6, 6.07) is 0. The zero-order chi connectivity index (χ0) is 13.0. The van der Waals surface area contributed by atoms with E-state index in [9.17, 15) is 9.59 Å². The molecule has 5 heteroatoms. The molecule has 16 heavy (non-hydrogen) atoms. The molecule has 0 bridgehead atoms. The second-order valence-corrected chi connectivity index (χ2v) is 5.57. The van der Waals surface area contributed by atoms with Gasteiger partial charge in [0.25, 0.3) is 0 Å². The van der Waals surface area contributed by atoms with Gasteiger partial charge < -0.3 is 16.4 Å². The number of nitrogens with two attached hydrogens (primary N) is 1. The first-order chi connectivity index (χ1) is 7.08. The highest BCUT2D eigenvalue weighted by Gasteiger charge is 2.23. The van der Waals surface area contributed by atoms with E-state index < -0.39 is 11.0 Å². The molecule has 0 aliphatic rings. The number of amides is 2. The summed E-state index contributed by atoms with van der Waals surface area (Å²) in [5.41, 5.74) is 4.55. The third kappa shape index (κ3) is 5.70. The van der Waals surface area contributed by atoms with E-state index >= 15 is 0 Å². The van der Waals surface area contributed by atoms with Crippen molar-refractivity contribution < 1.29 is 9.59 Å². The maximum Gasteiger partial charge on any atom is 0.239 e. The first-order valence-electron chi connectivity index (χ1n) is 5.38. The van der Waals surface area contributed by atoms with Crippen LogP contribution in [0, 0.1) is 5.41 Å². The van der Waals surface area contributed by atoms with Gasteiger partial charge in [-0.15, -0.1) is 0 Å². The molecule has 2 amide bonds. The minimum atomic E-state index is -0.482. The number of nitrogens with one attached hydrogen (secondary N) is 2. The van der Waals surface area contributed by atoms with Crippen LogP contribution in [0.15, 0.2) is 0 Å². The number of carbonyl (C=O) groups excluding carboxylic acids is 2. The van der Waals surface area contributed by atoms with Crippen molar-refractivity contribution >= 4 is 11.8 Å². The van der Waals surface area contributed by atoms with Gasteiger partial charge in [-0.3, -0.25) is 9.59 Å². The summed E-state index contributed by atoms with van der Waals surface area (Å²) in [5.74, 6) is -0.374. The molecule has 94 valence electrons. The molecule has 0 aromatic rings. The van der Waals surface area contributed by atoms with Crippen molar-refractivity contribution in [3.8, 4) is 0 Å². The standard InChI is InChI=1S/C11H23N3O2/c1-10(2,3)9(16)13-6-8(15)14-11(4,5)7-12/h6-7,12H2,1-5H3,(H,13,16)(H,14,15). The van der Waals surface area contributed by atoms with E-state index in [2.05, 4.69) is 10.6 Å². The Hall–Kier alpha value is -1.10. The van der Waals surface area contributed by atoms with Gasteiger partial charge in [0.15, 0.2) is 0 Å². The average Bonchev–Trinajstić information content (AvgIpc) is 2.12. The first-order valence-corrected chi connectivity index (χ1v) is 5.38. The molecule has 0 rings (SSSR count). The normalized spacial score (nSPS) is 12.1. The van der Waals surface area contributed by atoms with Crippen molar-refractivity contribution in [2.75, 3.05) is 13.1 Å². The molecule has 0 atom stereocenters. The van der Waals surface area contributed by atoms with Gasteiger partial charge >= 0.3 is 0 Å². The van der Waals surface area contributed by atoms with Crippen LogP contribution in [0.1, 0.15) is 34.6 Å². The van der Waals surface area contributed by atoms with E-state index in [0.29, 0.717) is 6.54 Å². The van der Waals surface area contributed by atoms with Crippen LogP contribution < -0.4 is 16.4 Å². The van der Waals surface area contributed by atoms with Crippen LogP contribution in [0.5, 0.6) is 0 Å². The molecule has 0 radical (unpaired) electrons. The van der Waals surface area contributed by atoms with E-state index in [1.165, 1.54) is 0 Å². The first kappa shape index (κ1) is 14.9.